The zero-order chi connectivity index (χ0) is 12.1. The van der Waals surface area contributed by atoms with Crippen LogP contribution in [0.15, 0.2) is 0 Å². The van der Waals surface area contributed by atoms with E-state index in [1.165, 1.54) is 0 Å². The second-order valence-corrected chi connectivity index (χ2v) is 4.54. The minimum absolute atomic E-state index is 0.0943. The van der Waals surface area contributed by atoms with Crippen molar-refractivity contribution < 1.29 is 14.7 Å². The lowest BCUT2D eigenvalue weighted by Crippen LogP contribution is -2.49. The maximum absolute atomic E-state index is 11.5. The molecule has 1 rings (SSSR count). The number of amides is 1. The van der Waals surface area contributed by atoms with Gasteiger partial charge in [-0.1, -0.05) is 6.42 Å². The molecule has 1 amide bonds. The number of hydrogen-bond donors (Lipinski definition) is 2. The van der Waals surface area contributed by atoms with Gasteiger partial charge in [-0.05, 0) is 33.2 Å². The largest absolute Gasteiger partial charge is 0.480 e. The van der Waals surface area contributed by atoms with Gasteiger partial charge in [0.15, 0.2) is 0 Å². The van der Waals surface area contributed by atoms with Crippen LogP contribution in [0.2, 0.25) is 0 Å². The third-order valence-electron chi connectivity index (χ3n) is 2.70. The van der Waals surface area contributed by atoms with Crippen molar-refractivity contribution in [3.05, 3.63) is 0 Å². The van der Waals surface area contributed by atoms with Crippen molar-refractivity contribution in [2.75, 3.05) is 13.1 Å². The molecule has 0 bridgehead atoms. The van der Waals surface area contributed by atoms with Gasteiger partial charge in [-0.15, -0.1) is 0 Å². The van der Waals surface area contributed by atoms with Gasteiger partial charge in [0.25, 0.3) is 0 Å². The van der Waals surface area contributed by atoms with Gasteiger partial charge in [0.05, 0.1) is 6.54 Å². The number of rotatable bonds is 4. The average molecular weight is 228 g/mol. The molecule has 1 atom stereocenters. The Morgan fingerprint density at radius 3 is 2.69 bits per heavy atom. The highest BCUT2D eigenvalue weighted by Gasteiger charge is 2.29. The van der Waals surface area contributed by atoms with E-state index >= 15 is 0 Å². The number of carboxylic acids is 1. The van der Waals surface area contributed by atoms with Gasteiger partial charge < -0.3 is 10.4 Å². The molecule has 0 aromatic carbocycles. The summed E-state index contributed by atoms with van der Waals surface area (Å²) in [4.78, 5) is 24.3. The smallest absolute Gasteiger partial charge is 0.320 e. The summed E-state index contributed by atoms with van der Waals surface area (Å²) in [5.41, 5.74) is 0. The third kappa shape index (κ3) is 3.81. The van der Waals surface area contributed by atoms with E-state index in [0.29, 0.717) is 13.0 Å². The highest BCUT2D eigenvalue weighted by Crippen LogP contribution is 2.16. The van der Waals surface area contributed by atoms with Crippen molar-refractivity contribution in [1.82, 2.24) is 10.2 Å². The third-order valence-corrected chi connectivity index (χ3v) is 2.70. The predicted molar refractivity (Wildman–Crippen MR) is 60.1 cm³/mol. The Kier molecular flexibility index (Phi) is 4.73. The van der Waals surface area contributed by atoms with E-state index in [0.717, 1.165) is 12.8 Å². The second kappa shape index (κ2) is 5.84. The Morgan fingerprint density at radius 1 is 1.44 bits per heavy atom. The molecule has 5 nitrogen and oxygen atoms in total. The molecule has 1 aliphatic rings. The first-order valence-corrected chi connectivity index (χ1v) is 5.77. The summed E-state index contributed by atoms with van der Waals surface area (Å²) in [5.74, 6) is -0.916. The molecule has 0 saturated carbocycles. The normalized spacial score (nSPS) is 22.1. The van der Waals surface area contributed by atoms with E-state index in [9.17, 15) is 9.59 Å². The monoisotopic (exact) mass is 228 g/mol. The Hall–Kier alpha value is -1.10. The van der Waals surface area contributed by atoms with Crippen molar-refractivity contribution in [2.45, 2.75) is 45.2 Å². The highest BCUT2D eigenvalue weighted by molar-refractivity contribution is 5.80. The summed E-state index contributed by atoms with van der Waals surface area (Å²) in [6.45, 7) is 4.67. The van der Waals surface area contributed by atoms with Crippen LogP contribution in [0.1, 0.15) is 33.1 Å². The van der Waals surface area contributed by atoms with E-state index in [4.69, 9.17) is 5.11 Å². The van der Waals surface area contributed by atoms with Crippen LogP contribution in [0.4, 0.5) is 0 Å². The van der Waals surface area contributed by atoms with Gasteiger partial charge in [-0.2, -0.15) is 0 Å². The van der Waals surface area contributed by atoms with Crippen molar-refractivity contribution >= 4 is 11.9 Å². The molecule has 0 spiro atoms. The minimum atomic E-state index is -0.822. The zero-order valence-corrected chi connectivity index (χ0v) is 9.90. The summed E-state index contributed by atoms with van der Waals surface area (Å²) in [7, 11) is 0. The molecule has 1 heterocycles. The summed E-state index contributed by atoms with van der Waals surface area (Å²) >= 11 is 0. The first-order chi connectivity index (χ1) is 7.50. The number of nitrogens with zero attached hydrogens (tertiary/aromatic N) is 1. The van der Waals surface area contributed by atoms with Crippen molar-refractivity contribution in [3.63, 3.8) is 0 Å². The van der Waals surface area contributed by atoms with Crippen LogP contribution >= 0.6 is 0 Å². The molecule has 1 fully saturated rings. The van der Waals surface area contributed by atoms with Crippen LogP contribution in [0.5, 0.6) is 0 Å². The lowest BCUT2D eigenvalue weighted by Gasteiger charge is -2.32. The van der Waals surface area contributed by atoms with Gasteiger partial charge in [-0.25, -0.2) is 0 Å². The van der Waals surface area contributed by atoms with E-state index in [1.807, 2.05) is 13.8 Å². The molecule has 0 aliphatic carbocycles. The minimum Gasteiger partial charge on any atom is -0.480 e. The van der Waals surface area contributed by atoms with Crippen LogP contribution in [-0.2, 0) is 9.59 Å². The van der Waals surface area contributed by atoms with Crippen LogP contribution in [0.3, 0.4) is 0 Å². The van der Waals surface area contributed by atoms with Gasteiger partial charge in [-0.3, -0.25) is 14.5 Å². The summed E-state index contributed by atoms with van der Waals surface area (Å²) in [6, 6.07) is -0.396. The number of likely N-dealkylation sites (tertiary alicyclic amines) is 1. The number of carbonyl (C=O) groups excluding carboxylic acids is 1. The molecule has 5 heteroatoms. The molecule has 0 aromatic rings. The molecule has 16 heavy (non-hydrogen) atoms. The highest BCUT2D eigenvalue weighted by atomic mass is 16.4. The quantitative estimate of drug-likeness (QED) is 0.733. The first kappa shape index (κ1) is 13.0. The standard InChI is InChI=1S/C11H20N2O3/c1-8(2)12-10(14)7-13-6-4-3-5-9(13)11(15)16/h8-9H,3-7H2,1-2H3,(H,12,14)(H,15,16). The van der Waals surface area contributed by atoms with Crippen LogP contribution in [0.25, 0.3) is 0 Å². The summed E-state index contributed by atoms with van der Waals surface area (Å²) in [6.07, 6.45) is 2.54. The van der Waals surface area contributed by atoms with Crippen LogP contribution in [0, 0.1) is 0 Å². The number of nitrogens with one attached hydrogen (secondary N) is 1. The SMILES string of the molecule is CC(C)NC(=O)CN1CCCCC1C(=O)O. The van der Waals surface area contributed by atoms with Crippen molar-refractivity contribution in [3.8, 4) is 0 Å². The van der Waals surface area contributed by atoms with E-state index < -0.39 is 12.0 Å². The molecule has 1 aliphatic heterocycles. The summed E-state index contributed by atoms with van der Waals surface area (Å²) < 4.78 is 0. The number of carbonyl (C=O) groups is 2. The molecule has 2 N–H and O–H groups in total. The molecule has 92 valence electrons. The zero-order valence-electron chi connectivity index (χ0n) is 9.90. The second-order valence-electron chi connectivity index (χ2n) is 4.54. The maximum atomic E-state index is 11.5. The lowest BCUT2D eigenvalue weighted by molar-refractivity contribution is -0.145. The van der Waals surface area contributed by atoms with Gasteiger partial charge in [0, 0.05) is 6.04 Å². The van der Waals surface area contributed by atoms with Crippen LogP contribution < -0.4 is 5.32 Å². The first-order valence-electron chi connectivity index (χ1n) is 5.77. The molecule has 0 radical (unpaired) electrons. The van der Waals surface area contributed by atoms with E-state index in [1.54, 1.807) is 4.90 Å². The Morgan fingerprint density at radius 2 is 2.12 bits per heavy atom. The number of hydrogen-bond acceptors (Lipinski definition) is 3. The fourth-order valence-electron chi connectivity index (χ4n) is 2.01. The molecule has 0 aromatic heterocycles. The van der Waals surface area contributed by atoms with Gasteiger partial charge >= 0.3 is 5.97 Å². The lowest BCUT2D eigenvalue weighted by atomic mass is 10.0. The van der Waals surface area contributed by atoms with Crippen molar-refractivity contribution in [1.29, 1.82) is 0 Å². The fourth-order valence-corrected chi connectivity index (χ4v) is 2.01. The van der Waals surface area contributed by atoms with E-state index in [-0.39, 0.29) is 18.5 Å². The number of aliphatic carboxylic acids is 1. The van der Waals surface area contributed by atoms with Crippen molar-refractivity contribution in [2.24, 2.45) is 0 Å². The molecule has 1 saturated heterocycles. The van der Waals surface area contributed by atoms with Gasteiger partial charge in [0.2, 0.25) is 5.91 Å². The van der Waals surface area contributed by atoms with Crippen LogP contribution in [-0.4, -0.2) is 47.1 Å². The van der Waals surface area contributed by atoms with Gasteiger partial charge in [0.1, 0.15) is 6.04 Å². The molecule has 1 unspecified atom stereocenters. The maximum Gasteiger partial charge on any atom is 0.320 e. The Bertz CT molecular complexity index is 266. The van der Waals surface area contributed by atoms with E-state index in [2.05, 4.69) is 5.32 Å². The number of carboxylic acid groups (broad SMARTS) is 1. The number of piperidine rings is 1. The molecular weight excluding hydrogens is 208 g/mol. The fraction of sp³-hybridized carbons (Fsp3) is 0.818. The molecular formula is C11H20N2O3. The topological polar surface area (TPSA) is 69.6 Å². The predicted octanol–water partition coefficient (Wildman–Crippen LogP) is 0.450. The summed E-state index contributed by atoms with van der Waals surface area (Å²) in [5, 5.41) is 11.8. The Balaban J connectivity index is 2.49. The Labute approximate surface area is 95.8 Å². The average Bonchev–Trinajstić information content (AvgIpc) is 2.16.